The van der Waals surface area contributed by atoms with Crippen LogP contribution in [0.1, 0.15) is 35.6 Å². The number of carbonyl (C=O) groups is 1. The predicted octanol–water partition coefficient (Wildman–Crippen LogP) is 5.63. The molecule has 36 heavy (non-hydrogen) atoms. The molecular weight excluding hydrogens is 462 g/mol. The number of amides is 1. The summed E-state index contributed by atoms with van der Waals surface area (Å²) < 4.78 is -0.741. The van der Waals surface area contributed by atoms with E-state index in [0.29, 0.717) is 6.54 Å². The zero-order valence-corrected chi connectivity index (χ0v) is 22.7. The van der Waals surface area contributed by atoms with E-state index < -0.39 is 4.75 Å². The molecule has 3 aromatic carbocycles. The largest absolute Gasteiger partial charge is 0.369 e. The number of anilines is 1. The van der Waals surface area contributed by atoms with Gasteiger partial charge < -0.3 is 10.2 Å². The first-order valence-corrected chi connectivity index (χ1v) is 14.1. The van der Waals surface area contributed by atoms with Gasteiger partial charge in [0.2, 0.25) is 5.91 Å². The first-order chi connectivity index (χ1) is 17.5. The summed E-state index contributed by atoms with van der Waals surface area (Å²) in [6.07, 6.45) is 0.950. The Bertz CT molecular complexity index is 1070. The van der Waals surface area contributed by atoms with Crippen molar-refractivity contribution in [3.05, 3.63) is 101 Å². The first kappa shape index (κ1) is 26.3. The summed E-state index contributed by atoms with van der Waals surface area (Å²) in [6, 6.07) is 27.1. The molecule has 0 aromatic heterocycles. The topological polar surface area (TPSA) is 35.6 Å². The van der Waals surface area contributed by atoms with Crippen LogP contribution in [0.15, 0.2) is 78.9 Å². The Morgan fingerprint density at radius 3 is 2.08 bits per heavy atom. The fraction of sp³-hybridized carbons (Fsp3) is 0.387. The second-order valence-corrected chi connectivity index (χ2v) is 11.1. The van der Waals surface area contributed by atoms with E-state index in [1.54, 1.807) is 11.8 Å². The van der Waals surface area contributed by atoms with E-state index in [9.17, 15) is 4.79 Å². The normalized spacial score (nSPS) is 14.6. The summed E-state index contributed by atoms with van der Waals surface area (Å²) in [7, 11) is 0. The van der Waals surface area contributed by atoms with Gasteiger partial charge in [-0.15, -0.1) is 11.8 Å². The van der Waals surface area contributed by atoms with E-state index in [-0.39, 0.29) is 5.91 Å². The summed E-state index contributed by atoms with van der Waals surface area (Å²) in [5, 5.41) is 3.30. The number of piperazine rings is 1. The van der Waals surface area contributed by atoms with Crippen LogP contribution in [0.5, 0.6) is 0 Å². The highest BCUT2D eigenvalue weighted by Crippen LogP contribution is 2.43. The summed E-state index contributed by atoms with van der Waals surface area (Å²) in [5.74, 6) is 0.925. The highest BCUT2D eigenvalue weighted by atomic mass is 32.2. The summed E-state index contributed by atoms with van der Waals surface area (Å²) in [6.45, 7) is 12.4. The van der Waals surface area contributed by atoms with Gasteiger partial charge in [-0.1, -0.05) is 79.7 Å². The van der Waals surface area contributed by atoms with Crippen LogP contribution in [0, 0.1) is 13.8 Å². The Morgan fingerprint density at radius 2 is 1.50 bits per heavy atom. The molecule has 0 saturated carbocycles. The second kappa shape index (κ2) is 12.5. The zero-order chi connectivity index (χ0) is 25.4. The van der Waals surface area contributed by atoms with Crippen LogP contribution < -0.4 is 10.2 Å². The van der Waals surface area contributed by atoms with Gasteiger partial charge >= 0.3 is 0 Å². The minimum atomic E-state index is -0.741. The van der Waals surface area contributed by atoms with Crippen LogP contribution in [-0.4, -0.2) is 55.8 Å². The number of nitrogens with zero attached hydrogens (tertiary/aromatic N) is 2. The van der Waals surface area contributed by atoms with E-state index in [0.717, 1.165) is 56.0 Å². The van der Waals surface area contributed by atoms with Crippen molar-refractivity contribution in [2.75, 3.05) is 49.9 Å². The molecule has 0 aliphatic carbocycles. The van der Waals surface area contributed by atoms with Crippen molar-refractivity contribution >= 4 is 23.4 Å². The number of carbonyl (C=O) groups excluding carboxylic acids is 1. The number of rotatable bonds is 10. The Balaban J connectivity index is 1.34. The summed E-state index contributed by atoms with van der Waals surface area (Å²) in [4.78, 5) is 18.8. The van der Waals surface area contributed by atoms with Crippen molar-refractivity contribution in [2.45, 2.75) is 31.9 Å². The Hall–Kier alpha value is -2.76. The van der Waals surface area contributed by atoms with Crippen LogP contribution in [0.3, 0.4) is 0 Å². The maximum Gasteiger partial charge on any atom is 0.245 e. The maximum atomic E-state index is 13.8. The van der Waals surface area contributed by atoms with Crippen molar-refractivity contribution in [1.29, 1.82) is 0 Å². The lowest BCUT2D eigenvalue weighted by molar-refractivity contribution is -0.122. The predicted molar refractivity (Wildman–Crippen MR) is 154 cm³/mol. The van der Waals surface area contributed by atoms with Crippen LogP contribution >= 0.6 is 11.8 Å². The fourth-order valence-corrected chi connectivity index (χ4v) is 6.37. The SMILES string of the molecule is CCSC(C(=O)NCCCN1CCN(c2cc(C)ccc2C)CC1)(c1ccccc1)c1ccccc1. The van der Waals surface area contributed by atoms with Gasteiger partial charge in [-0.25, -0.2) is 0 Å². The molecule has 1 aliphatic heterocycles. The lowest BCUT2D eigenvalue weighted by Gasteiger charge is -2.37. The van der Waals surface area contributed by atoms with E-state index in [2.05, 4.69) is 78.4 Å². The van der Waals surface area contributed by atoms with Crippen LogP contribution in [0.2, 0.25) is 0 Å². The van der Waals surface area contributed by atoms with E-state index in [1.807, 2.05) is 36.4 Å². The average Bonchev–Trinajstić information content (AvgIpc) is 2.92. The van der Waals surface area contributed by atoms with Gasteiger partial charge in [0.1, 0.15) is 4.75 Å². The zero-order valence-electron chi connectivity index (χ0n) is 21.9. The molecule has 0 unspecified atom stereocenters. The average molecular weight is 502 g/mol. The molecule has 0 spiro atoms. The van der Waals surface area contributed by atoms with Gasteiger partial charge in [0, 0.05) is 38.4 Å². The minimum absolute atomic E-state index is 0.0755. The molecule has 0 bridgehead atoms. The number of thioether (sulfide) groups is 1. The van der Waals surface area contributed by atoms with E-state index in [4.69, 9.17) is 0 Å². The molecule has 190 valence electrons. The fourth-order valence-electron chi connectivity index (χ4n) is 5.12. The highest BCUT2D eigenvalue weighted by Gasteiger charge is 2.42. The minimum Gasteiger partial charge on any atom is -0.369 e. The molecule has 1 amide bonds. The molecule has 4 rings (SSSR count). The molecular formula is C31H39N3OS. The van der Waals surface area contributed by atoms with Crippen molar-refractivity contribution in [1.82, 2.24) is 10.2 Å². The smallest absolute Gasteiger partial charge is 0.245 e. The van der Waals surface area contributed by atoms with Gasteiger partial charge in [-0.3, -0.25) is 9.69 Å². The second-order valence-electron chi connectivity index (χ2n) is 9.57. The third-order valence-electron chi connectivity index (χ3n) is 7.06. The number of benzene rings is 3. The Labute approximate surface area is 221 Å². The standard InChI is InChI=1S/C31H39N3OS/c1-4-36-31(27-12-7-5-8-13-27,28-14-9-6-10-15-28)30(35)32-18-11-19-33-20-22-34(23-21-33)29-24-25(2)16-17-26(29)3/h5-10,12-17,24H,4,11,18-23H2,1-3H3,(H,32,35). The maximum absolute atomic E-state index is 13.8. The van der Waals surface area contributed by atoms with Crippen molar-refractivity contribution in [3.63, 3.8) is 0 Å². The Morgan fingerprint density at radius 1 is 0.889 bits per heavy atom. The van der Waals surface area contributed by atoms with Gasteiger partial charge in [0.25, 0.3) is 0 Å². The summed E-state index contributed by atoms with van der Waals surface area (Å²) in [5.41, 5.74) is 6.10. The van der Waals surface area contributed by atoms with Crippen LogP contribution in [-0.2, 0) is 9.54 Å². The molecule has 4 nitrogen and oxygen atoms in total. The van der Waals surface area contributed by atoms with Crippen molar-refractivity contribution in [2.24, 2.45) is 0 Å². The number of hydrogen-bond acceptors (Lipinski definition) is 4. The molecule has 1 N–H and O–H groups in total. The van der Waals surface area contributed by atoms with E-state index in [1.165, 1.54) is 16.8 Å². The van der Waals surface area contributed by atoms with Gasteiger partial charge in [-0.05, 0) is 60.9 Å². The molecule has 0 radical (unpaired) electrons. The van der Waals surface area contributed by atoms with Crippen LogP contribution in [0.4, 0.5) is 5.69 Å². The number of aryl methyl sites for hydroxylation is 2. The first-order valence-electron chi connectivity index (χ1n) is 13.1. The van der Waals surface area contributed by atoms with Crippen molar-refractivity contribution < 1.29 is 4.79 Å². The van der Waals surface area contributed by atoms with Crippen LogP contribution in [0.25, 0.3) is 0 Å². The molecule has 5 heteroatoms. The molecule has 1 aliphatic rings. The van der Waals surface area contributed by atoms with Gasteiger partial charge in [-0.2, -0.15) is 0 Å². The van der Waals surface area contributed by atoms with E-state index >= 15 is 0 Å². The lowest BCUT2D eigenvalue weighted by atomic mass is 9.89. The quantitative estimate of drug-likeness (QED) is 0.365. The summed E-state index contributed by atoms with van der Waals surface area (Å²) >= 11 is 1.70. The molecule has 1 heterocycles. The molecule has 1 fully saturated rings. The van der Waals surface area contributed by atoms with Gasteiger partial charge in [0.15, 0.2) is 0 Å². The lowest BCUT2D eigenvalue weighted by Crippen LogP contribution is -2.48. The third-order valence-corrected chi connectivity index (χ3v) is 8.43. The molecule has 3 aromatic rings. The Kier molecular flexibility index (Phi) is 9.11. The van der Waals surface area contributed by atoms with Crippen molar-refractivity contribution in [3.8, 4) is 0 Å². The van der Waals surface area contributed by atoms with Gasteiger partial charge in [0.05, 0.1) is 0 Å². The molecule has 0 atom stereocenters. The monoisotopic (exact) mass is 501 g/mol. The number of hydrogen-bond donors (Lipinski definition) is 1. The highest BCUT2D eigenvalue weighted by molar-refractivity contribution is 8.01. The number of nitrogens with one attached hydrogen (secondary N) is 1. The third kappa shape index (κ3) is 5.96. The molecule has 1 saturated heterocycles.